The number of nitrogens with one attached hydrogen (secondary N) is 2. The van der Waals surface area contributed by atoms with E-state index < -0.39 is 22.9 Å². The van der Waals surface area contributed by atoms with Gasteiger partial charge in [-0.25, -0.2) is 9.97 Å². The fraction of sp³-hybridized carbons (Fsp3) is 0.250. The fourth-order valence-electron chi connectivity index (χ4n) is 4.71. The topological polar surface area (TPSA) is 84.7 Å². The molecule has 0 atom stereocenters. The third-order valence-corrected chi connectivity index (χ3v) is 7.23. The molecule has 0 unspecified atom stereocenters. The summed E-state index contributed by atoms with van der Waals surface area (Å²) >= 11 is 12.3. The summed E-state index contributed by atoms with van der Waals surface area (Å²) in [5.41, 5.74) is 0.236. The average Bonchev–Trinajstić information content (AvgIpc) is 3.59. The lowest BCUT2D eigenvalue weighted by atomic mass is 9.88. The number of nitrogens with zero attached hydrogens (tertiary/aromatic N) is 4. The quantitative estimate of drug-likeness (QED) is 0.368. The number of para-hydroxylation sites is 1. The van der Waals surface area contributed by atoms with Gasteiger partial charge in [-0.3, -0.25) is 4.79 Å². The first-order valence-electron chi connectivity index (χ1n) is 11.1. The molecular formula is C24H17Cl2F3N6O. The van der Waals surface area contributed by atoms with Gasteiger partial charge in [-0.2, -0.15) is 23.0 Å². The van der Waals surface area contributed by atoms with Crippen molar-refractivity contribution in [3.63, 3.8) is 0 Å². The minimum Gasteiger partial charge on any atom is -0.324 e. The van der Waals surface area contributed by atoms with Gasteiger partial charge in [0.1, 0.15) is 11.2 Å². The number of hydrogen-bond donors (Lipinski definition) is 2. The summed E-state index contributed by atoms with van der Waals surface area (Å²) < 4.78 is 42.7. The second kappa shape index (κ2) is 8.16. The van der Waals surface area contributed by atoms with E-state index in [1.54, 1.807) is 0 Å². The molecular weight excluding hydrogens is 516 g/mol. The Hall–Kier alpha value is -3.21. The molecule has 3 heterocycles. The molecule has 12 heteroatoms. The summed E-state index contributed by atoms with van der Waals surface area (Å²) in [6.45, 7) is 1.65. The van der Waals surface area contributed by atoms with Crippen molar-refractivity contribution < 1.29 is 13.2 Å². The molecule has 1 spiro atoms. The van der Waals surface area contributed by atoms with Gasteiger partial charge in [0, 0.05) is 30.4 Å². The lowest BCUT2D eigenvalue weighted by Crippen LogP contribution is -2.33. The summed E-state index contributed by atoms with van der Waals surface area (Å²) in [5, 5.41) is 9.53. The number of aromatic nitrogens is 4. The van der Waals surface area contributed by atoms with Crippen molar-refractivity contribution in [3.05, 3.63) is 79.8 Å². The van der Waals surface area contributed by atoms with E-state index in [1.807, 2.05) is 18.2 Å². The molecule has 6 rings (SSSR count). The molecule has 36 heavy (non-hydrogen) atoms. The molecule has 0 amide bonds. The van der Waals surface area contributed by atoms with Crippen LogP contribution in [-0.4, -0.2) is 26.3 Å². The van der Waals surface area contributed by atoms with Crippen LogP contribution in [-0.2, 0) is 18.1 Å². The summed E-state index contributed by atoms with van der Waals surface area (Å²) in [7, 11) is 0. The van der Waals surface area contributed by atoms with Crippen LogP contribution in [0.15, 0.2) is 47.4 Å². The third-order valence-electron chi connectivity index (χ3n) is 6.62. The van der Waals surface area contributed by atoms with Crippen molar-refractivity contribution in [2.45, 2.75) is 31.0 Å². The molecule has 1 fully saturated rings. The summed E-state index contributed by atoms with van der Waals surface area (Å²) in [5.74, 6) is -0.0902. The van der Waals surface area contributed by atoms with Crippen molar-refractivity contribution in [2.75, 3.05) is 11.9 Å². The fourth-order valence-corrected chi connectivity index (χ4v) is 5.27. The Balaban J connectivity index is 1.45. The predicted octanol–water partition coefficient (Wildman–Crippen LogP) is 5.38. The lowest BCUT2D eigenvalue weighted by molar-refractivity contribution is -0.140. The van der Waals surface area contributed by atoms with Crippen LogP contribution in [0, 0.1) is 0 Å². The molecule has 2 aliphatic rings. The van der Waals surface area contributed by atoms with E-state index >= 15 is 0 Å². The normalized spacial score (nSPS) is 16.2. The second-order valence-corrected chi connectivity index (χ2v) is 9.78. The van der Waals surface area contributed by atoms with Gasteiger partial charge in [0.15, 0.2) is 5.69 Å². The van der Waals surface area contributed by atoms with Gasteiger partial charge in [-0.1, -0.05) is 35.3 Å². The van der Waals surface area contributed by atoms with Gasteiger partial charge < -0.3 is 10.6 Å². The van der Waals surface area contributed by atoms with Gasteiger partial charge in [0.2, 0.25) is 5.95 Å². The maximum Gasteiger partial charge on any atom is 0.437 e. The maximum atomic E-state index is 14.0. The van der Waals surface area contributed by atoms with E-state index in [1.165, 1.54) is 23.8 Å². The Kier molecular flexibility index (Phi) is 5.26. The standard InChI is InChI=1S/C24H17Cl2F3N6O/c25-16-2-1-3-17(26)19(16)35-21(36)14-10-31-22(33-18(14)20(34-35)24(27,28)29)32-13-4-5-15-12(8-13)9-30-11-23(15)6-7-23/h1-5,8,10,30H,6-7,9,11H2,(H,31,32,33). The Morgan fingerprint density at radius 2 is 1.86 bits per heavy atom. The highest BCUT2D eigenvalue weighted by Crippen LogP contribution is 2.50. The number of alkyl halides is 3. The minimum atomic E-state index is -4.91. The van der Waals surface area contributed by atoms with E-state index in [0.29, 0.717) is 16.9 Å². The first-order chi connectivity index (χ1) is 17.2. The van der Waals surface area contributed by atoms with E-state index in [4.69, 9.17) is 23.2 Å². The zero-order valence-corrected chi connectivity index (χ0v) is 20.0. The SMILES string of the molecule is O=c1c2cnc(Nc3ccc4c(c3)CNCC43CC3)nc2c(C(F)(F)F)nn1-c1c(Cl)cccc1Cl. The van der Waals surface area contributed by atoms with Crippen LogP contribution < -0.4 is 16.2 Å². The highest BCUT2D eigenvalue weighted by Gasteiger charge is 2.46. The van der Waals surface area contributed by atoms with Gasteiger partial charge >= 0.3 is 6.18 Å². The van der Waals surface area contributed by atoms with Gasteiger partial charge in [-0.15, -0.1) is 0 Å². The minimum absolute atomic E-state index is 0.0290. The molecule has 0 radical (unpaired) electrons. The number of hydrogen-bond acceptors (Lipinski definition) is 6. The van der Waals surface area contributed by atoms with Gasteiger partial charge in [-0.05, 0) is 48.2 Å². The van der Waals surface area contributed by atoms with Crippen molar-refractivity contribution >= 4 is 45.7 Å². The molecule has 0 bridgehead atoms. The van der Waals surface area contributed by atoms with Crippen molar-refractivity contribution in [2.24, 2.45) is 0 Å². The molecule has 1 aliphatic heterocycles. The number of benzene rings is 2. The Morgan fingerprint density at radius 1 is 1.11 bits per heavy atom. The average molecular weight is 533 g/mol. The molecule has 2 aromatic carbocycles. The van der Waals surface area contributed by atoms with Crippen LogP contribution in [0.4, 0.5) is 24.8 Å². The van der Waals surface area contributed by atoms with E-state index in [0.717, 1.165) is 31.1 Å². The van der Waals surface area contributed by atoms with Crippen molar-refractivity contribution in [1.29, 1.82) is 0 Å². The highest BCUT2D eigenvalue weighted by molar-refractivity contribution is 6.37. The Morgan fingerprint density at radius 3 is 2.56 bits per heavy atom. The number of halogens is 5. The van der Waals surface area contributed by atoms with E-state index in [9.17, 15) is 18.0 Å². The molecule has 4 aromatic rings. The number of rotatable bonds is 3. The third kappa shape index (κ3) is 3.80. The molecule has 7 nitrogen and oxygen atoms in total. The van der Waals surface area contributed by atoms with Gasteiger partial charge in [0.05, 0.1) is 15.4 Å². The molecule has 2 aromatic heterocycles. The first-order valence-corrected chi connectivity index (χ1v) is 11.8. The van der Waals surface area contributed by atoms with E-state index in [-0.39, 0.29) is 32.5 Å². The van der Waals surface area contributed by atoms with E-state index in [2.05, 4.69) is 25.7 Å². The number of anilines is 2. The maximum absolute atomic E-state index is 14.0. The summed E-state index contributed by atoms with van der Waals surface area (Å²) in [6.07, 6.45) is -1.59. The van der Waals surface area contributed by atoms with Crippen molar-refractivity contribution in [1.82, 2.24) is 25.1 Å². The van der Waals surface area contributed by atoms with Crippen LogP contribution in [0.5, 0.6) is 0 Å². The summed E-state index contributed by atoms with van der Waals surface area (Å²) in [6, 6.07) is 10.1. The zero-order chi connectivity index (χ0) is 25.2. The highest BCUT2D eigenvalue weighted by atomic mass is 35.5. The molecule has 1 aliphatic carbocycles. The Labute approximate surface area is 212 Å². The molecule has 1 saturated carbocycles. The van der Waals surface area contributed by atoms with Gasteiger partial charge in [0.25, 0.3) is 5.56 Å². The zero-order valence-electron chi connectivity index (χ0n) is 18.5. The van der Waals surface area contributed by atoms with Crippen LogP contribution in [0.2, 0.25) is 10.0 Å². The summed E-state index contributed by atoms with van der Waals surface area (Å²) in [4.78, 5) is 21.3. The molecule has 2 N–H and O–H groups in total. The second-order valence-electron chi connectivity index (χ2n) is 8.97. The lowest BCUT2D eigenvalue weighted by Gasteiger charge is -2.26. The predicted molar refractivity (Wildman–Crippen MR) is 130 cm³/mol. The molecule has 184 valence electrons. The molecule has 0 saturated heterocycles. The first kappa shape index (κ1) is 23.2. The van der Waals surface area contributed by atoms with Crippen molar-refractivity contribution in [3.8, 4) is 5.69 Å². The monoisotopic (exact) mass is 532 g/mol. The van der Waals surface area contributed by atoms with Crippen LogP contribution in [0.3, 0.4) is 0 Å². The Bertz CT molecular complexity index is 1580. The van der Waals surface area contributed by atoms with Crippen LogP contribution in [0.25, 0.3) is 16.6 Å². The van der Waals surface area contributed by atoms with Crippen LogP contribution in [0.1, 0.15) is 29.7 Å². The number of fused-ring (bicyclic) bond motifs is 3. The smallest absolute Gasteiger partial charge is 0.324 e. The largest absolute Gasteiger partial charge is 0.437 e. The van der Waals surface area contributed by atoms with Crippen LogP contribution >= 0.6 is 23.2 Å².